The van der Waals surface area contributed by atoms with Crippen molar-refractivity contribution in [3.8, 4) is 0 Å². The molecule has 0 aliphatic rings. The van der Waals surface area contributed by atoms with Gasteiger partial charge < -0.3 is 5.32 Å². The van der Waals surface area contributed by atoms with E-state index in [1.807, 2.05) is 11.6 Å². The summed E-state index contributed by atoms with van der Waals surface area (Å²) < 4.78 is 0. The molecule has 1 aromatic heterocycles. The number of aromatic nitrogens is 1. The van der Waals surface area contributed by atoms with Crippen molar-refractivity contribution in [1.29, 1.82) is 0 Å². The Morgan fingerprint density at radius 2 is 2.50 bits per heavy atom. The molecule has 0 aliphatic carbocycles. The van der Waals surface area contributed by atoms with E-state index in [2.05, 4.69) is 30.2 Å². The summed E-state index contributed by atoms with van der Waals surface area (Å²) in [5.41, 5.74) is 1.35. The highest BCUT2D eigenvalue weighted by atomic mass is 32.1. The maximum absolute atomic E-state index is 4.17. The normalized spacial score (nSPS) is 9.83. The Balaban J connectivity index is 2.16. The lowest BCUT2D eigenvalue weighted by atomic mass is 10.3. The summed E-state index contributed by atoms with van der Waals surface area (Å²) in [7, 11) is 0. The predicted molar refractivity (Wildman–Crippen MR) is 53.3 cm³/mol. The highest BCUT2D eigenvalue weighted by Gasteiger charge is 1.91. The number of allylic oxidation sites excluding steroid dienone is 1. The minimum absolute atomic E-state index is 0.876. The van der Waals surface area contributed by atoms with Gasteiger partial charge in [-0.25, -0.2) is 4.98 Å². The van der Waals surface area contributed by atoms with Gasteiger partial charge in [-0.15, -0.1) is 11.3 Å². The molecule has 0 atom stereocenters. The molecule has 0 bridgehead atoms. The summed E-state index contributed by atoms with van der Waals surface area (Å²) in [6.07, 6.45) is 4.01. The molecular formula is C9H14N2S. The van der Waals surface area contributed by atoms with Crippen molar-refractivity contribution in [2.75, 3.05) is 6.54 Å². The van der Waals surface area contributed by atoms with Crippen molar-refractivity contribution in [1.82, 2.24) is 10.3 Å². The lowest BCUT2D eigenvalue weighted by Crippen LogP contribution is -2.12. The molecule has 0 aliphatic heterocycles. The zero-order chi connectivity index (χ0) is 8.81. The average Bonchev–Trinajstić information content (AvgIpc) is 2.49. The number of nitrogens with zero attached hydrogens (tertiary/aromatic N) is 1. The van der Waals surface area contributed by atoms with E-state index in [1.165, 1.54) is 5.57 Å². The summed E-state index contributed by atoms with van der Waals surface area (Å²) in [5.74, 6) is 0. The summed E-state index contributed by atoms with van der Waals surface area (Å²) in [4.78, 5) is 4.17. The van der Waals surface area contributed by atoms with Crippen LogP contribution in [0.1, 0.15) is 18.9 Å². The first kappa shape index (κ1) is 9.42. The fourth-order valence-corrected chi connectivity index (χ4v) is 1.38. The number of nitrogens with one attached hydrogen (secondary N) is 1. The molecule has 1 N–H and O–H groups in total. The number of rotatable bonds is 4. The molecule has 0 saturated heterocycles. The molecule has 1 rings (SSSR count). The number of hydrogen-bond acceptors (Lipinski definition) is 3. The fourth-order valence-electron chi connectivity index (χ4n) is 0.796. The van der Waals surface area contributed by atoms with E-state index in [0.717, 1.165) is 18.1 Å². The Morgan fingerprint density at radius 1 is 1.67 bits per heavy atom. The van der Waals surface area contributed by atoms with Crippen LogP contribution in [0, 0.1) is 0 Å². The Hall–Kier alpha value is -0.670. The lowest BCUT2D eigenvalue weighted by Gasteiger charge is -1.97. The van der Waals surface area contributed by atoms with Crippen molar-refractivity contribution in [2.45, 2.75) is 20.4 Å². The summed E-state index contributed by atoms with van der Waals surface area (Å²) in [6, 6.07) is 0. The molecule has 0 saturated carbocycles. The van der Waals surface area contributed by atoms with Crippen molar-refractivity contribution in [3.05, 3.63) is 28.2 Å². The highest BCUT2D eigenvalue weighted by molar-refractivity contribution is 7.09. The van der Waals surface area contributed by atoms with Crippen LogP contribution in [0.4, 0.5) is 0 Å². The van der Waals surface area contributed by atoms with Crippen LogP contribution in [0.15, 0.2) is 23.2 Å². The van der Waals surface area contributed by atoms with Gasteiger partial charge in [0.25, 0.3) is 0 Å². The number of thiazole rings is 1. The minimum atomic E-state index is 0.876. The van der Waals surface area contributed by atoms with E-state index in [9.17, 15) is 0 Å². The van der Waals surface area contributed by atoms with Gasteiger partial charge in [-0.2, -0.15) is 0 Å². The molecular weight excluding hydrogens is 168 g/mol. The zero-order valence-corrected chi connectivity index (χ0v) is 8.32. The van der Waals surface area contributed by atoms with Crippen LogP contribution < -0.4 is 5.32 Å². The molecule has 0 spiro atoms. The largest absolute Gasteiger partial charge is 0.307 e. The Morgan fingerprint density at radius 3 is 3.08 bits per heavy atom. The monoisotopic (exact) mass is 182 g/mol. The first-order valence-electron chi connectivity index (χ1n) is 4.01. The minimum Gasteiger partial charge on any atom is -0.307 e. The quantitative estimate of drug-likeness (QED) is 0.570. The molecule has 3 heteroatoms. The molecule has 0 fully saturated rings. The van der Waals surface area contributed by atoms with Gasteiger partial charge in [0, 0.05) is 24.7 Å². The van der Waals surface area contributed by atoms with Crippen molar-refractivity contribution < 1.29 is 0 Å². The van der Waals surface area contributed by atoms with Crippen molar-refractivity contribution in [2.24, 2.45) is 0 Å². The van der Waals surface area contributed by atoms with E-state index in [-0.39, 0.29) is 0 Å². The molecule has 1 heterocycles. The van der Waals surface area contributed by atoms with Gasteiger partial charge in [0.05, 0.1) is 0 Å². The second kappa shape index (κ2) is 5.06. The van der Waals surface area contributed by atoms with Gasteiger partial charge in [0.15, 0.2) is 0 Å². The fraction of sp³-hybridized carbons (Fsp3) is 0.444. The second-order valence-corrected chi connectivity index (χ2v) is 3.82. The topological polar surface area (TPSA) is 24.9 Å². The van der Waals surface area contributed by atoms with Crippen LogP contribution in [0.3, 0.4) is 0 Å². The van der Waals surface area contributed by atoms with E-state index in [0.29, 0.717) is 0 Å². The maximum Gasteiger partial charge on any atom is 0.106 e. The molecule has 0 radical (unpaired) electrons. The molecule has 0 amide bonds. The van der Waals surface area contributed by atoms with Crippen molar-refractivity contribution in [3.63, 3.8) is 0 Å². The third kappa shape index (κ3) is 3.64. The molecule has 66 valence electrons. The summed E-state index contributed by atoms with van der Waals surface area (Å²) >= 11 is 1.69. The Labute approximate surface area is 77.3 Å². The van der Waals surface area contributed by atoms with Gasteiger partial charge in [0.2, 0.25) is 0 Å². The van der Waals surface area contributed by atoms with Crippen LogP contribution in [-0.2, 0) is 6.54 Å². The van der Waals surface area contributed by atoms with Crippen LogP contribution in [0.2, 0.25) is 0 Å². The molecule has 0 aromatic carbocycles. The SMILES string of the molecule is CC(C)=CCNCc1nccs1. The zero-order valence-electron chi connectivity index (χ0n) is 7.50. The van der Waals surface area contributed by atoms with Crippen LogP contribution >= 0.6 is 11.3 Å². The van der Waals surface area contributed by atoms with Gasteiger partial charge in [-0.3, -0.25) is 0 Å². The van der Waals surface area contributed by atoms with E-state index in [4.69, 9.17) is 0 Å². The van der Waals surface area contributed by atoms with Crippen LogP contribution in [0.5, 0.6) is 0 Å². The molecule has 12 heavy (non-hydrogen) atoms. The van der Waals surface area contributed by atoms with Gasteiger partial charge in [0.1, 0.15) is 5.01 Å². The first-order valence-corrected chi connectivity index (χ1v) is 4.89. The second-order valence-electron chi connectivity index (χ2n) is 2.84. The summed E-state index contributed by atoms with van der Waals surface area (Å²) in [5, 5.41) is 6.44. The third-order valence-electron chi connectivity index (χ3n) is 1.41. The Bertz CT molecular complexity index is 235. The molecule has 1 aromatic rings. The van der Waals surface area contributed by atoms with Crippen molar-refractivity contribution >= 4 is 11.3 Å². The predicted octanol–water partition coefficient (Wildman–Crippen LogP) is 2.20. The van der Waals surface area contributed by atoms with Gasteiger partial charge in [-0.05, 0) is 13.8 Å². The summed E-state index contributed by atoms with van der Waals surface area (Å²) in [6.45, 7) is 6.01. The first-order chi connectivity index (χ1) is 5.79. The van der Waals surface area contributed by atoms with E-state index in [1.54, 1.807) is 11.3 Å². The van der Waals surface area contributed by atoms with Crippen LogP contribution in [0.25, 0.3) is 0 Å². The third-order valence-corrected chi connectivity index (χ3v) is 2.19. The number of hydrogen-bond donors (Lipinski definition) is 1. The lowest BCUT2D eigenvalue weighted by molar-refractivity contribution is 0.752. The maximum atomic E-state index is 4.17. The smallest absolute Gasteiger partial charge is 0.106 e. The van der Waals surface area contributed by atoms with Gasteiger partial charge >= 0.3 is 0 Å². The van der Waals surface area contributed by atoms with E-state index < -0.39 is 0 Å². The van der Waals surface area contributed by atoms with Crippen LogP contribution in [-0.4, -0.2) is 11.5 Å². The Kier molecular flexibility index (Phi) is 3.97. The highest BCUT2D eigenvalue weighted by Crippen LogP contribution is 2.02. The average molecular weight is 182 g/mol. The standard InChI is InChI=1S/C9H14N2S/c1-8(2)3-4-10-7-9-11-5-6-12-9/h3,5-6,10H,4,7H2,1-2H3. The molecule has 2 nitrogen and oxygen atoms in total. The van der Waals surface area contributed by atoms with Gasteiger partial charge in [-0.1, -0.05) is 11.6 Å². The van der Waals surface area contributed by atoms with E-state index >= 15 is 0 Å². The molecule has 0 unspecified atom stereocenters.